The summed E-state index contributed by atoms with van der Waals surface area (Å²) in [5, 5.41) is 4.03. The van der Waals surface area contributed by atoms with Crippen LogP contribution in [0.15, 0.2) is 30.7 Å². The van der Waals surface area contributed by atoms with Crippen LogP contribution in [0.4, 0.5) is 0 Å². The molecule has 0 spiro atoms. The SMILES string of the molecule is Cn1cc(-c2ncccc2C=O)cn1. The van der Waals surface area contributed by atoms with E-state index in [9.17, 15) is 4.79 Å². The monoisotopic (exact) mass is 187 g/mol. The molecule has 0 unspecified atom stereocenters. The second-order valence-corrected chi connectivity index (χ2v) is 2.96. The summed E-state index contributed by atoms with van der Waals surface area (Å²) in [6, 6.07) is 3.48. The maximum atomic E-state index is 10.7. The minimum atomic E-state index is 0.584. The van der Waals surface area contributed by atoms with E-state index in [0.717, 1.165) is 11.8 Å². The number of hydrogen-bond acceptors (Lipinski definition) is 3. The molecule has 0 atom stereocenters. The van der Waals surface area contributed by atoms with Crippen molar-refractivity contribution >= 4 is 6.29 Å². The van der Waals surface area contributed by atoms with Gasteiger partial charge in [-0.1, -0.05) is 0 Å². The maximum absolute atomic E-state index is 10.7. The summed E-state index contributed by atoms with van der Waals surface area (Å²) in [7, 11) is 1.83. The van der Waals surface area contributed by atoms with Gasteiger partial charge in [-0.25, -0.2) is 0 Å². The number of aldehydes is 1. The molecule has 14 heavy (non-hydrogen) atoms. The molecular weight excluding hydrogens is 178 g/mol. The summed E-state index contributed by atoms with van der Waals surface area (Å²) in [5.74, 6) is 0. The number of aromatic nitrogens is 3. The van der Waals surface area contributed by atoms with E-state index < -0.39 is 0 Å². The van der Waals surface area contributed by atoms with E-state index in [-0.39, 0.29) is 0 Å². The first kappa shape index (κ1) is 8.62. The lowest BCUT2D eigenvalue weighted by Gasteiger charge is -1.98. The quantitative estimate of drug-likeness (QED) is 0.665. The molecule has 0 saturated carbocycles. The molecule has 0 radical (unpaired) electrons. The standard InChI is InChI=1S/C10H9N3O/c1-13-6-9(5-12-13)10-8(7-14)3-2-4-11-10/h2-7H,1H3. The molecule has 0 aromatic carbocycles. The van der Waals surface area contributed by atoms with Gasteiger partial charge in [0.2, 0.25) is 0 Å². The van der Waals surface area contributed by atoms with E-state index in [1.54, 1.807) is 29.2 Å². The summed E-state index contributed by atoms with van der Waals surface area (Å²) >= 11 is 0. The summed E-state index contributed by atoms with van der Waals surface area (Å²) in [6.45, 7) is 0. The van der Waals surface area contributed by atoms with Gasteiger partial charge in [0.05, 0.1) is 11.9 Å². The van der Waals surface area contributed by atoms with Crippen molar-refractivity contribution in [3.05, 3.63) is 36.3 Å². The van der Waals surface area contributed by atoms with Crippen molar-refractivity contribution in [2.45, 2.75) is 0 Å². The second kappa shape index (κ2) is 3.41. The molecule has 0 bridgehead atoms. The Morgan fingerprint density at radius 1 is 1.50 bits per heavy atom. The molecule has 0 aliphatic carbocycles. The van der Waals surface area contributed by atoms with E-state index in [2.05, 4.69) is 10.1 Å². The number of pyridine rings is 1. The molecule has 0 aliphatic rings. The average molecular weight is 187 g/mol. The highest BCUT2D eigenvalue weighted by atomic mass is 16.1. The van der Waals surface area contributed by atoms with Crippen molar-refractivity contribution in [1.29, 1.82) is 0 Å². The van der Waals surface area contributed by atoms with Crippen molar-refractivity contribution < 1.29 is 4.79 Å². The fraction of sp³-hybridized carbons (Fsp3) is 0.100. The molecule has 70 valence electrons. The van der Waals surface area contributed by atoms with Gasteiger partial charge in [0.1, 0.15) is 0 Å². The molecular formula is C10H9N3O. The van der Waals surface area contributed by atoms with Gasteiger partial charge >= 0.3 is 0 Å². The van der Waals surface area contributed by atoms with Crippen LogP contribution in [0.25, 0.3) is 11.3 Å². The molecule has 4 nitrogen and oxygen atoms in total. The Balaban J connectivity index is 2.55. The topological polar surface area (TPSA) is 47.8 Å². The molecule has 2 aromatic rings. The fourth-order valence-corrected chi connectivity index (χ4v) is 1.30. The van der Waals surface area contributed by atoms with Crippen LogP contribution in [0.5, 0.6) is 0 Å². The van der Waals surface area contributed by atoms with Gasteiger partial charge in [0.25, 0.3) is 0 Å². The minimum absolute atomic E-state index is 0.584. The Hall–Kier alpha value is -1.97. The third-order valence-electron chi connectivity index (χ3n) is 1.94. The van der Waals surface area contributed by atoms with Crippen LogP contribution in [-0.4, -0.2) is 21.1 Å². The largest absolute Gasteiger partial charge is 0.298 e. The Morgan fingerprint density at radius 2 is 2.36 bits per heavy atom. The normalized spacial score (nSPS) is 10.1. The third-order valence-corrected chi connectivity index (χ3v) is 1.94. The van der Waals surface area contributed by atoms with E-state index >= 15 is 0 Å². The number of carbonyl (C=O) groups is 1. The average Bonchev–Trinajstić information content (AvgIpc) is 2.65. The van der Waals surface area contributed by atoms with Crippen LogP contribution < -0.4 is 0 Å². The van der Waals surface area contributed by atoms with Gasteiger partial charge < -0.3 is 0 Å². The highest BCUT2D eigenvalue weighted by molar-refractivity contribution is 5.85. The first-order chi connectivity index (χ1) is 6.81. The van der Waals surface area contributed by atoms with Crippen molar-refractivity contribution in [2.24, 2.45) is 7.05 Å². The summed E-state index contributed by atoms with van der Waals surface area (Å²) in [4.78, 5) is 14.9. The number of nitrogens with zero attached hydrogens (tertiary/aromatic N) is 3. The number of carbonyl (C=O) groups excluding carboxylic acids is 1. The zero-order valence-corrected chi connectivity index (χ0v) is 7.71. The van der Waals surface area contributed by atoms with E-state index in [1.807, 2.05) is 13.2 Å². The Kier molecular flexibility index (Phi) is 2.10. The predicted octanol–water partition coefficient (Wildman–Crippen LogP) is 1.29. The highest BCUT2D eigenvalue weighted by Crippen LogP contribution is 2.18. The van der Waals surface area contributed by atoms with Gasteiger partial charge in [-0.2, -0.15) is 5.10 Å². The van der Waals surface area contributed by atoms with Gasteiger partial charge in [-0.05, 0) is 12.1 Å². The highest BCUT2D eigenvalue weighted by Gasteiger charge is 2.06. The van der Waals surface area contributed by atoms with Gasteiger partial charge in [-0.3, -0.25) is 14.5 Å². The summed E-state index contributed by atoms with van der Waals surface area (Å²) < 4.78 is 1.68. The van der Waals surface area contributed by atoms with Gasteiger partial charge in [0.15, 0.2) is 6.29 Å². The van der Waals surface area contributed by atoms with Crippen molar-refractivity contribution in [3.63, 3.8) is 0 Å². The second-order valence-electron chi connectivity index (χ2n) is 2.96. The van der Waals surface area contributed by atoms with Crippen LogP contribution in [0.1, 0.15) is 10.4 Å². The Labute approximate surface area is 81.2 Å². The Bertz CT molecular complexity index is 462. The molecule has 0 aliphatic heterocycles. The molecule has 0 saturated heterocycles. The zero-order valence-electron chi connectivity index (χ0n) is 7.71. The Morgan fingerprint density at radius 3 is 3.00 bits per heavy atom. The first-order valence-corrected chi connectivity index (χ1v) is 4.20. The van der Waals surface area contributed by atoms with Crippen LogP contribution in [0.3, 0.4) is 0 Å². The molecule has 4 heteroatoms. The summed E-state index contributed by atoms with van der Waals surface area (Å²) in [6.07, 6.45) is 5.98. The minimum Gasteiger partial charge on any atom is -0.298 e. The lowest BCUT2D eigenvalue weighted by Crippen LogP contribution is -1.89. The summed E-state index contributed by atoms with van der Waals surface area (Å²) in [5.41, 5.74) is 2.12. The lowest BCUT2D eigenvalue weighted by atomic mass is 10.1. The van der Waals surface area contributed by atoms with E-state index in [4.69, 9.17) is 0 Å². The maximum Gasteiger partial charge on any atom is 0.152 e. The first-order valence-electron chi connectivity index (χ1n) is 4.20. The zero-order chi connectivity index (χ0) is 9.97. The van der Waals surface area contributed by atoms with Crippen molar-refractivity contribution in [3.8, 4) is 11.3 Å². The van der Waals surface area contributed by atoms with Crippen LogP contribution in [-0.2, 0) is 7.05 Å². The lowest BCUT2D eigenvalue weighted by molar-refractivity contribution is 0.112. The molecule has 0 N–H and O–H groups in total. The van der Waals surface area contributed by atoms with Gasteiger partial charge in [0, 0.05) is 30.6 Å². The molecule has 0 amide bonds. The van der Waals surface area contributed by atoms with Crippen LogP contribution in [0.2, 0.25) is 0 Å². The van der Waals surface area contributed by atoms with Gasteiger partial charge in [-0.15, -0.1) is 0 Å². The van der Waals surface area contributed by atoms with E-state index in [1.165, 1.54) is 0 Å². The van der Waals surface area contributed by atoms with E-state index in [0.29, 0.717) is 11.3 Å². The van der Waals surface area contributed by atoms with Crippen LogP contribution >= 0.6 is 0 Å². The van der Waals surface area contributed by atoms with Crippen molar-refractivity contribution in [2.75, 3.05) is 0 Å². The molecule has 2 aromatic heterocycles. The fourth-order valence-electron chi connectivity index (χ4n) is 1.30. The number of aryl methyl sites for hydroxylation is 1. The van der Waals surface area contributed by atoms with Crippen molar-refractivity contribution in [1.82, 2.24) is 14.8 Å². The molecule has 2 rings (SSSR count). The molecule has 0 fully saturated rings. The van der Waals surface area contributed by atoms with Crippen LogP contribution in [0, 0.1) is 0 Å². The smallest absolute Gasteiger partial charge is 0.152 e. The predicted molar refractivity (Wildman–Crippen MR) is 51.8 cm³/mol. The third kappa shape index (κ3) is 1.42. The number of rotatable bonds is 2. The molecule has 2 heterocycles. The number of hydrogen-bond donors (Lipinski definition) is 0.